The maximum absolute atomic E-state index is 13.2. The van der Waals surface area contributed by atoms with E-state index < -0.39 is 24.0 Å². The molecule has 0 aliphatic rings. The van der Waals surface area contributed by atoms with Gasteiger partial charge in [-0.15, -0.1) is 0 Å². The van der Waals surface area contributed by atoms with Crippen molar-refractivity contribution in [2.24, 2.45) is 0 Å². The van der Waals surface area contributed by atoms with Crippen LogP contribution >= 0.6 is 22.6 Å². The SMILES string of the molecule is N#CCC(=O)Nc1c(F)ccc(F)c1I. The largest absolute Gasteiger partial charge is 0.322 e. The molecule has 0 saturated carbocycles. The second-order valence-corrected chi connectivity index (χ2v) is 3.68. The van der Waals surface area contributed by atoms with Crippen molar-refractivity contribution in [1.82, 2.24) is 0 Å². The highest BCUT2D eigenvalue weighted by molar-refractivity contribution is 14.1. The number of anilines is 1. The summed E-state index contributed by atoms with van der Waals surface area (Å²) in [7, 11) is 0. The van der Waals surface area contributed by atoms with Crippen molar-refractivity contribution in [2.75, 3.05) is 5.32 Å². The van der Waals surface area contributed by atoms with Crippen LogP contribution in [-0.2, 0) is 4.79 Å². The number of amides is 1. The van der Waals surface area contributed by atoms with Crippen LogP contribution in [-0.4, -0.2) is 5.91 Å². The van der Waals surface area contributed by atoms with Crippen LogP contribution < -0.4 is 5.32 Å². The average molecular weight is 322 g/mol. The number of nitrogens with one attached hydrogen (secondary N) is 1. The molecule has 78 valence electrons. The van der Waals surface area contributed by atoms with E-state index in [2.05, 4.69) is 5.32 Å². The number of benzene rings is 1. The van der Waals surface area contributed by atoms with Gasteiger partial charge in [-0.05, 0) is 34.7 Å². The molecule has 0 spiro atoms. The van der Waals surface area contributed by atoms with Gasteiger partial charge in [0, 0.05) is 0 Å². The summed E-state index contributed by atoms with van der Waals surface area (Å²) >= 11 is 1.58. The maximum atomic E-state index is 13.2. The molecule has 3 nitrogen and oxygen atoms in total. The molecule has 1 aromatic carbocycles. The van der Waals surface area contributed by atoms with E-state index in [4.69, 9.17) is 5.26 Å². The fourth-order valence-corrected chi connectivity index (χ4v) is 1.47. The lowest BCUT2D eigenvalue weighted by atomic mass is 10.3. The van der Waals surface area contributed by atoms with E-state index in [0.717, 1.165) is 12.1 Å². The van der Waals surface area contributed by atoms with Crippen LogP contribution in [0.2, 0.25) is 0 Å². The van der Waals surface area contributed by atoms with Crippen molar-refractivity contribution in [1.29, 1.82) is 5.26 Å². The minimum absolute atomic E-state index is 0.0149. The van der Waals surface area contributed by atoms with Gasteiger partial charge >= 0.3 is 0 Å². The highest BCUT2D eigenvalue weighted by atomic mass is 127. The van der Waals surface area contributed by atoms with Gasteiger partial charge in [0.15, 0.2) is 0 Å². The first-order valence-corrected chi connectivity index (χ1v) is 4.94. The molecular formula is C9H5F2IN2O. The number of rotatable bonds is 2. The van der Waals surface area contributed by atoms with Gasteiger partial charge in [-0.3, -0.25) is 4.79 Å². The van der Waals surface area contributed by atoms with Crippen molar-refractivity contribution in [3.63, 3.8) is 0 Å². The van der Waals surface area contributed by atoms with Crippen molar-refractivity contribution in [3.05, 3.63) is 27.3 Å². The predicted octanol–water partition coefficient (Wildman–Crippen LogP) is 2.42. The first-order valence-electron chi connectivity index (χ1n) is 3.86. The molecule has 0 heterocycles. The van der Waals surface area contributed by atoms with Gasteiger partial charge in [0.05, 0.1) is 15.3 Å². The Morgan fingerprint density at radius 1 is 1.47 bits per heavy atom. The van der Waals surface area contributed by atoms with E-state index in [0.29, 0.717) is 0 Å². The third-order valence-corrected chi connectivity index (χ3v) is 2.60. The third kappa shape index (κ3) is 2.86. The molecular weight excluding hydrogens is 317 g/mol. The van der Waals surface area contributed by atoms with E-state index in [9.17, 15) is 13.6 Å². The fourth-order valence-electron chi connectivity index (χ4n) is 0.897. The molecule has 0 bridgehead atoms. The van der Waals surface area contributed by atoms with Crippen molar-refractivity contribution >= 4 is 34.2 Å². The first kappa shape index (κ1) is 11.8. The van der Waals surface area contributed by atoms with E-state index >= 15 is 0 Å². The zero-order chi connectivity index (χ0) is 11.4. The monoisotopic (exact) mass is 322 g/mol. The quantitative estimate of drug-likeness (QED) is 0.672. The number of carbonyl (C=O) groups excluding carboxylic acids is 1. The first-order chi connectivity index (χ1) is 7.06. The zero-order valence-corrected chi connectivity index (χ0v) is 9.51. The van der Waals surface area contributed by atoms with Crippen LogP contribution in [0, 0.1) is 26.5 Å². The van der Waals surface area contributed by atoms with Crippen LogP contribution in [0.5, 0.6) is 0 Å². The van der Waals surface area contributed by atoms with Gasteiger partial charge in [0.2, 0.25) is 5.91 Å². The van der Waals surface area contributed by atoms with E-state index in [-0.39, 0.29) is 9.26 Å². The molecule has 0 aliphatic carbocycles. The summed E-state index contributed by atoms with van der Waals surface area (Å²) in [6, 6.07) is 3.50. The summed E-state index contributed by atoms with van der Waals surface area (Å²) in [5.74, 6) is -2.02. The Morgan fingerprint density at radius 3 is 2.67 bits per heavy atom. The average Bonchev–Trinajstić information content (AvgIpc) is 2.19. The highest BCUT2D eigenvalue weighted by Gasteiger charge is 2.13. The normalized spacial score (nSPS) is 9.47. The van der Waals surface area contributed by atoms with Gasteiger partial charge < -0.3 is 5.32 Å². The Morgan fingerprint density at radius 2 is 2.07 bits per heavy atom. The van der Waals surface area contributed by atoms with Gasteiger partial charge in [0.1, 0.15) is 18.1 Å². The number of nitrogens with zero attached hydrogens (tertiary/aromatic N) is 1. The molecule has 0 fully saturated rings. The lowest BCUT2D eigenvalue weighted by Gasteiger charge is -2.07. The minimum Gasteiger partial charge on any atom is -0.322 e. The molecule has 1 aromatic rings. The van der Waals surface area contributed by atoms with Crippen molar-refractivity contribution in [3.8, 4) is 6.07 Å². The third-order valence-electron chi connectivity index (χ3n) is 1.55. The summed E-state index contributed by atoms with van der Waals surface area (Å²) < 4.78 is 26.2. The lowest BCUT2D eigenvalue weighted by molar-refractivity contribution is -0.115. The minimum atomic E-state index is -0.730. The summed E-state index contributed by atoms with van der Waals surface area (Å²) in [6.07, 6.45) is -0.397. The smallest absolute Gasteiger partial charge is 0.238 e. The van der Waals surface area contributed by atoms with E-state index in [1.807, 2.05) is 0 Å². The Bertz CT molecular complexity index is 442. The topological polar surface area (TPSA) is 52.9 Å². The van der Waals surface area contributed by atoms with Crippen LogP contribution in [0.25, 0.3) is 0 Å². The number of halogens is 3. The van der Waals surface area contributed by atoms with Crippen LogP contribution in [0.3, 0.4) is 0 Å². The van der Waals surface area contributed by atoms with E-state index in [1.54, 1.807) is 28.7 Å². The standard InChI is InChI=1S/C9H5F2IN2O/c10-5-1-2-6(11)9(8(5)12)14-7(15)3-4-13/h1-2H,3H2,(H,14,15). The molecule has 0 saturated heterocycles. The maximum Gasteiger partial charge on any atom is 0.238 e. The zero-order valence-electron chi connectivity index (χ0n) is 7.35. The molecule has 1 rings (SSSR count). The Balaban J connectivity index is 3.00. The van der Waals surface area contributed by atoms with Crippen LogP contribution in [0.15, 0.2) is 12.1 Å². The molecule has 1 amide bonds. The fraction of sp³-hybridized carbons (Fsp3) is 0.111. The summed E-state index contributed by atoms with van der Waals surface area (Å²) in [5, 5.41) is 10.4. The number of nitriles is 1. The Kier molecular flexibility index (Phi) is 3.96. The number of hydrogen-bond donors (Lipinski definition) is 1. The van der Waals surface area contributed by atoms with Gasteiger partial charge in [-0.2, -0.15) is 5.26 Å². The summed E-state index contributed by atoms with van der Waals surface area (Å²) in [5.41, 5.74) is -0.226. The molecule has 6 heteroatoms. The molecule has 1 N–H and O–H groups in total. The molecule has 15 heavy (non-hydrogen) atoms. The molecule has 0 atom stereocenters. The van der Waals surface area contributed by atoms with Crippen molar-refractivity contribution < 1.29 is 13.6 Å². The Labute approximate surface area is 98.2 Å². The van der Waals surface area contributed by atoms with Gasteiger partial charge in [-0.1, -0.05) is 0 Å². The highest BCUT2D eigenvalue weighted by Crippen LogP contribution is 2.24. The number of carbonyl (C=O) groups is 1. The second-order valence-electron chi connectivity index (χ2n) is 2.60. The van der Waals surface area contributed by atoms with Gasteiger partial charge in [0.25, 0.3) is 0 Å². The molecule has 0 aromatic heterocycles. The van der Waals surface area contributed by atoms with Crippen molar-refractivity contribution in [2.45, 2.75) is 6.42 Å². The molecule has 0 radical (unpaired) electrons. The molecule has 0 aliphatic heterocycles. The van der Waals surface area contributed by atoms with Gasteiger partial charge in [-0.25, -0.2) is 8.78 Å². The number of hydrogen-bond acceptors (Lipinski definition) is 2. The van der Waals surface area contributed by atoms with Crippen LogP contribution in [0.1, 0.15) is 6.42 Å². The predicted molar refractivity (Wildman–Crippen MR) is 57.9 cm³/mol. The van der Waals surface area contributed by atoms with Crippen LogP contribution in [0.4, 0.5) is 14.5 Å². The van der Waals surface area contributed by atoms with E-state index in [1.165, 1.54) is 0 Å². The summed E-state index contributed by atoms with van der Waals surface area (Å²) in [4.78, 5) is 11.0. The lowest BCUT2D eigenvalue weighted by Crippen LogP contribution is -2.13. The summed E-state index contributed by atoms with van der Waals surface area (Å²) in [6.45, 7) is 0. The molecule has 0 unspecified atom stereocenters. The second kappa shape index (κ2) is 5.02. The Hall–Kier alpha value is -1.23.